The third-order valence-corrected chi connectivity index (χ3v) is 5.05. The molecule has 0 radical (unpaired) electrons. The van der Waals surface area contributed by atoms with Crippen molar-refractivity contribution >= 4 is 17.7 Å². The van der Waals surface area contributed by atoms with Gasteiger partial charge in [-0.2, -0.15) is 0 Å². The number of benzene rings is 2. The minimum atomic E-state index is -1.12. The number of nitrogens with zero attached hydrogens (tertiary/aromatic N) is 1. The van der Waals surface area contributed by atoms with Crippen molar-refractivity contribution in [3.63, 3.8) is 0 Å². The summed E-state index contributed by atoms with van der Waals surface area (Å²) in [6.45, 7) is 2.28. The Bertz CT molecular complexity index is 723. The SMILES string of the molecule is COc1ccc2c(c1)CN(Cc1ccccc1C(=O)[O-])CCS2.[Na+]. The summed E-state index contributed by atoms with van der Waals surface area (Å²) < 4.78 is 5.31. The van der Waals surface area contributed by atoms with Crippen molar-refractivity contribution in [3.05, 3.63) is 59.2 Å². The van der Waals surface area contributed by atoms with Gasteiger partial charge in [0.05, 0.1) is 13.1 Å². The van der Waals surface area contributed by atoms with Crippen LogP contribution in [0.4, 0.5) is 0 Å². The predicted molar refractivity (Wildman–Crippen MR) is 88.6 cm³/mol. The predicted octanol–water partition coefficient (Wildman–Crippen LogP) is -0.829. The summed E-state index contributed by atoms with van der Waals surface area (Å²) in [4.78, 5) is 14.8. The largest absolute Gasteiger partial charge is 1.00 e. The Balaban J connectivity index is 0.00000208. The number of fused-ring (bicyclic) bond motifs is 1. The van der Waals surface area contributed by atoms with Crippen molar-refractivity contribution in [1.29, 1.82) is 0 Å². The number of methoxy groups -OCH3 is 1. The zero-order chi connectivity index (χ0) is 16.2. The standard InChI is InChI=1S/C18H19NO3S.Na/c1-22-15-6-7-17-14(10-15)12-19(8-9-23-17)11-13-4-2-3-5-16(13)18(20)21;/h2-7,10H,8-9,11-12H2,1H3,(H,20,21);/q;+1/p-1. The van der Waals surface area contributed by atoms with Gasteiger partial charge >= 0.3 is 29.6 Å². The van der Waals surface area contributed by atoms with Crippen LogP contribution < -0.4 is 39.4 Å². The first-order valence-electron chi connectivity index (χ1n) is 7.48. The normalized spacial score (nSPS) is 14.2. The Hall–Kier alpha value is -0.980. The summed E-state index contributed by atoms with van der Waals surface area (Å²) >= 11 is 1.83. The van der Waals surface area contributed by atoms with Crippen LogP contribution in [0.15, 0.2) is 47.4 Å². The van der Waals surface area contributed by atoms with E-state index in [4.69, 9.17) is 4.74 Å². The van der Waals surface area contributed by atoms with Crippen molar-refractivity contribution in [1.82, 2.24) is 4.90 Å². The number of carboxylic acids is 1. The summed E-state index contributed by atoms with van der Waals surface area (Å²) in [5, 5.41) is 11.3. The van der Waals surface area contributed by atoms with Crippen molar-refractivity contribution in [2.75, 3.05) is 19.4 Å². The van der Waals surface area contributed by atoms with Gasteiger partial charge in [0.1, 0.15) is 5.75 Å². The molecule has 1 aliphatic rings. The quantitative estimate of drug-likeness (QED) is 0.673. The first kappa shape index (κ1) is 19.3. The minimum Gasteiger partial charge on any atom is -0.545 e. The topological polar surface area (TPSA) is 52.6 Å². The van der Waals surface area contributed by atoms with Gasteiger partial charge in [-0.1, -0.05) is 24.3 Å². The van der Waals surface area contributed by atoms with Crippen molar-refractivity contribution in [2.45, 2.75) is 18.0 Å². The van der Waals surface area contributed by atoms with Crippen molar-refractivity contribution in [2.24, 2.45) is 0 Å². The zero-order valence-corrected chi connectivity index (χ0v) is 16.8. The van der Waals surface area contributed by atoms with Crippen molar-refractivity contribution < 1.29 is 44.2 Å². The Morgan fingerprint density at radius 3 is 2.83 bits per heavy atom. The first-order valence-corrected chi connectivity index (χ1v) is 8.47. The van der Waals surface area contributed by atoms with Crippen LogP contribution >= 0.6 is 11.8 Å². The number of carboxylic acid groups (broad SMARTS) is 1. The summed E-state index contributed by atoms with van der Waals surface area (Å²) in [6, 6.07) is 13.2. The molecular weight excluding hydrogens is 333 g/mol. The van der Waals surface area contributed by atoms with Gasteiger partial charge in [-0.05, 0) is 29.3 Å². The molecule has 0 fully saturated rings. The third kappa shape index (κ3) is 4.55. The molecule has 0 unspecified atom stereocenters. The second-order valence-corrected chi connectivity index (χ2v) is 6.61. The second-order valence-electron chi connectivity index (χ2n) is 5.48. The maximum atomic E-state index is 11.3. The Morgan fingerprint density at radius 1 is 1.29 bits per heavy atom. The van der Waals surface area contributed by atoms with E-state index >= 15 is 0 Å². The average molecular weight is 351 g/mol. The summed E-state index contributed by atoms with van der Waals surface area (Å²) in [5.74, 6) is 0.709. The van der Waals surface area contributed by atoms with Gasteiger partial charge < -0.3 is 14.6 Å². The van der Waals surface area contributed by atoms with Crippen molar-refractivity contribution in [3.8, 4) is 5.75 Å². The maximum absolute atomic E-state index is 11.3. The Labute approximate surface area is 168 Å². The second kappa shape index (κ2) is 8.92. The van der Waals surface area contributed by atoms with Gasteiger partial charge in [-0.15, -0.1) is 11.8 Å². The molecule has 0 amide bonds. The fourth-order valence-electron chi connectivity index (χ4n) is 2.79. The molecule has 2 aromatic carbocycles. The molecule has 1 heterocycles. The molecule has 24 heavy (non-hydrogen) atoms. The number of rotatable bonds is 4. The van der Waals surface area contributed by atoms with Crippen LogP contribution in [0.5, 0.6) is 5.75 Å². The number of thioether (sulfide) groups is 1. The number of ether oxygens (including phenoxy) is 1. The van der Waals surface area contributed by atoms with Gasteiger partial charge in [0.25, 0.3) is 0 Å². The Kier molecular flexibility index (Phi) is 7.19. The molecule has 0 aromatic heterocycles. The molecule has 0 bridgehead atoms. The van der Waals surface area contributed by atoms with Crippen LogP contribution in [0.2, 0.25) is 0 Å². The van der Waals surface area contributed by atoms with E-state index in [0.29, 0.717) is 6.54 Å². The molecule has 2 aromatic rings. The molecule has 0 saturated carbocycles. The molecule has 4 nitrogen and oxygen atoms in total. The number of hydrogen-bond acceptors (Lipinski definition) is 5. The van der Waals surface area contributed by atoms with E-state index in [2.05, 4.69) is 17.0 Å². The fourth-order valence-corrected chi connectivity index (χ4v) is 3.83. The monoisotopic (exact) mass is 351 g/mol. The van der Waals surface area contributed by atoms with E-state index in [9.17, 15) is 9.90 Å². The van der Waals surface area contributed by atoms with E-state index in [0.717, 1.165) is 30.2 Å². The van der Waals surface area contributed by atoms with Crippen LogP contribution in [-0.4, -0.2) is 30.3 Å². The maximum Gasteiger partial charge on any atom is 1.00 e. The molecule has 0 aliphatic carbocycles. The number of aromatic carboxylic acids is 1. The van der Waals surface area contributed by atoms with E-state index in [-0.39, 0.29) is 35.1 Å². The first-order chi connectivity index (χ1) is 11.2. The van der Waals surface area contributed by atoms with Gasteiger partial charge in [-0.25, -0.2) is 0 Å². The molecule has 120 valence electrons. The zero-order valence-electron chi connectivity index (χ0n) is 14.0. The van der Waals surface area contributed by atoms with E-state index in [1.165, 1.54) is 10.5 Å². The van der Waals surface area contributed by atoms with Crippen LogP contribution in [0.3, 0.4) is 0 Å². The molecule has 1 aliphatic heterocycles. The number of hydrogen-bond donors (Lipinski definition) is 0. The molecule has 0 spiro atoms. The number of carbonyl (C=O) groups is 1. The van der Waals surface area contributed by atoms with Gasteiger partial charge in [0.2, 0.25) is 0 Å². The molecule has 0 saturated heterocycles. The van der Waals surface area contributed by atoms with E-state index in [1.807, 2.05) is 30.0 Å². The van der Waals surface area contributed by atoms with Crippen LogP contribution in [0.1, 0.15) is 21.5 Å². The van der Waals surface area contributed by atoms with E-state index in [1.54, 1.807) is 19.2 Å². The van der Waals surface area contributed by atoms with Gasteiger partial charge in [0, 0.05) is 35.8 Å². The molecule has 0 N–H and O–H groups in total. The van der Waals surface area contributed by atoms with Crippen LogP contribution in [-0.2, 0) is 13.1 Å². The van der Waals surface area contributed by atoms with Gasteiger partial charge in [0.15, 0.2) is 0 Å². The third-order valence-electron chi connectivity index (χ3n) is 3.96. The minimum absolute atomic E-state index is 0. The average Bonchev–Trinajstić information content (AvgIpc) is 2.76. The van der Waals surface area contributed by atoms with Gasteiger partial charge in [-0.3, -0.25) is 4.90 Å². The molecule has 0 atom stereocenters. The van der Waals surface area contributed by atoms with Crippen LogP contribution in [0.25, 0.3) is 0 Å². The van der Waals surface area contributed by atoms with Crippen LogP contribution in [0, 0.1) is 0 Å². The molecule has 6 heteroatoms. The summed E-state index contributed by atoms with van der Waals surface area (Å²) in [7, 11) is 1.67. The number of carbonyl (C=O) groups excluding carboxylic acids is 1. The smallest absolute Gasteiger partial charge is 0.545 e. The summed E-state index contributed by atoms with van der Waals surface area (Å²) in [5.41, 5.74) is 2.29. The fraction of sp³-hybridized carbons (Fsp3) is 0.278. The summed E-state index contributed by atoms with van der Waals surface area (Å²) in [6.07, 6.45) is 0. The molecular formula is C18H18NNaO3S. The Morgan fingerprint density at radius 2 is 2.08 bits per heavy atom. The van der Waals surface area contributed by atoms with E-state index < -0.39 is 5.97 Å². The molecule has 3 rings (SSSR count).